The Kier molecular flexibility index (Phi) is 5.45. The molecule has 2 heterocycles. The van der Waals surface area contributed by atoms with Crippen molar-refractivity contribution >= 4 is 34.3 Å². The maximum Gasteiger partial charge on any atom is 0.273 e. The third kappa shape index (κ3) is 3.88. The van der Waals surface area contributed by atoms with Crippen molar-refractivity contribution in [1.82, 2.24) is 20.4 Å². The van der Waals surface area contributed by atoms with Gasteiger partial charge in [0.15, 0.2) is 0 Å². The lowest BCUT2D eigenvalue weighted by molar-refractivity contribution is -0.121. The van der Waals surface area contributed by atoms with Crippen LogP contribution in [-0.2, 0) is 11.2 Å². The van der Waals surface area contributed by atoms with Gasteiger partial charge in [-0.05, 0) is 29.8 Å². The highest BCUT2D eigenvalue weighted by atomic mass is 35.5. The Bertz CT molecular complexity index is 1210. The van der Waals surface area contributed by atoms with Crippen LogP contribution >= 0.6 is 11.6 Å². The van der Waals surface area contributed by atoms with Crippen LogP contribution in [0.25, 0.3) is 16.6 Å². The van der Waals surface area contributed by atoms with Gasteiger partial charge in [-0.25, -0.2) is 0 Å². The van der Waals surface area contributed by atoms with E-state index in [0.717, 1.165) is 16.5 Å². The number of nitrogens with zero attached hydrogens (tertiary/aromatic N) is 1. The fourth-order valence-corrected chi connectivity index (χ4v) is 3.53. The maximum absolute atomic E-state index is 12.6. The van der Waals surface area contributed by atoms with Crippen LogP contribution in [0, 0.1) is 0 Å². The molecule has 0 aliphatic rings. The Balaban J connectivity index is 1.46. The molecule has 0 bridgehead atoms. The first-order valence-electron chi connectivity index (χ1n) is 9.22. The van der Waals surface area contributed by atoms with Crippen LogP contribution in [0.4, 0.5) is 0 Å². The number of hydrogen-bond acceptors (Lipinski definition) is 3. The number of hydrazine groups is 1. The molecule has 2 amide bonds. The van der Waals surface area contributed by atoms with Gasteiger partial charge in [0.25, 0.3) is 5.91 Å². The molecular formula is C22H19ClN4O3. The summed E-state index contributed by atoms with van der Waals surface area (Å²) in [5, 5.41) is 1.34. The van der Waals surface area contributed by atoms with E-state index in [2.05, 4.69) is 15.8 Å². The Morgan fingerprint density at radius 2 is 1.87 bits per heavy atom. The van der Waals surface area contributed by atoms with Crippen molar-refractivity contribution in [1.29, 1.82) is 0 Å². The molecule has 0 radical (unpaired) electrons. The third-order valence-electron chi connectivity index (χ3n) is 4.74. The molecular weight excluding hydrogens is 404 g/mol. The molecule has 7 nitrogen and oxygen atoms in total. The Morgan fingerprint density at radius 3 is 2.63 bits per heavy atom. The van der Waals surface area contributed by atoms with Gasteiger partial charge in [0, 0.05) is 35.6 Å². The molecule has 0 atom stereocenters. The smallest absolute Gasteiger partial charge is 0.273 e. The zero-order valence-corrected chi connectivity index (χ0v) is 16.9. The zero-order chi connectivity index (χ0) is 21.1. The number of aromatic nitrogens is 2. The number of nitrogens with one attached hydrogen (secondary N) is 3. The number of aromatic amines is 1. The summed E-state index contributed by atoms with van der Waals surface area (Å²) < 4.78 is 7.17. The number of fused-ring (bicyclic) bond motifs is 1. The van der Waals surface area contributed by atoms with Crippen LogP contribution in [0.2, 0.25) is 5.02 Å². The summed E-state index contributed by atoms with van der Waals surface area (Å²) >= 11 is 6.36. The summed E-state index contributed by atoms with van der Waals surface area (Å²) in [4.78, 5) is 28.1. The predicted octanol–water partition coefficient (Wildman–Crippen LogP) is 3.62. The number of para-hydroxylation sites is 1. The van der Waals surface area contributed by atoms with E-state index in [4.69, 9.17) is 16.3 Å². The molecule has 2 aromatic heterocycles. The molecule has 0 saturated heterocycles. The molecule has 0 aliphatic carbocycles. The lowest BCUT2D eigenvalue weighted by Crippen LogP contribution is -2.42. The highest BCUT2D eigenvalue weighted by molar-refractivity contribution is 6.33. The van der Waals surface area contributed by atoms with Gasteiger partial charge < -0.3 is 14.3 Å². The van der Waals surface area contributed by atoms with E-state index < -0.39 is 5.91 Å². The standard InChI is InChI=1S/C22H19ClN4O3/c1-30-20-12-19(27-8-4-5-9-27)17(23)11-16(20)22(29)26-25-21(28)10-14-13-24-18-7-3-2-6-15(14)18/h2-9,11-13,24H,10H2,1H3,(H,25,28)(H,26,29). The summed E-state index contributed by atoms with van der Waals surface area (Å²) in [5.41, 5.74) is 7.55. The minimum atomic E-state index is -0.528. The fraction of sp³-hybridized carbons (Fsp3) is 0.0909. The van der Waals surface area contributed by atoms with E-state index >= 15 is 0 Å². The number of hydrogen-bond donors (Lipinski definition) is 3. The topological polar surface area (TPSA) is 88.2 Å². The molecule has 0 fully saturated rings. The van der Waals surface area contributed by atoms with Gasteiger partial charge >= 0.3 is 0 Å². The second-order valence-corrected chi connectivity index (χ2v) is 7.04. The number of halogens is 1. The molecule has 0 spiro atoms. The average Bonchev–Trinajstić information content (AvgIpc) is 3.42. The van der Waals surface area contributed by atoms with E-state index in [9.17, 15) is 9.59 Å². The first kappa shape index (κ1) is 19.6. The van der Waals surface area contributed by atoms with Crippen LogP contribution in [0.3, 0.4) is 0 Å². The van der Waals surface area contributed by atoms with Crippen LogP contribution < -0.4 is 15.6 Å². The molecule has 0 aliphatic heterocycles. The summed E-state index contributed by atoms with van der Waals surface area (Å²) in [5.74, 6) is -0.534. The third-order valence-corrected chi connectivity index (χ3v) is 5.04. The van der Waals surface area contributed by atoms with Gasteiger partial charge in [-0.15, -0.1) is 0 Å². The minimum absolute atomic E-state index is 0.120. The molecule has 2 aromatic carbocycles. The molecule has 3 N–H and O–H groups in total. The SMILES string of the molecule is COc1cc(-n2cccc2)c(Cl)cc1C(=O)NNC(=O)Cc1c[nH]c2ccccc12. The molecule has 30 heavy (non-hydrogen) atoms. The van der Waals surface area contributed by atoms with Crippen molar-refractivity contribution in [3.8, 4) is 11.4 Å². The van der Waals surface area contributed by atoms with Gasteiger partial charge in [-0.1, -0.05) is 29.8 Å². The second kappa shape index (κ2) is 8.34. The fourth-order valence-electron chi connectivity index (χ4n) is 3.27. The van der Waals surface area contributed by atoms with E-state index in [1.165, 1.54) is 13.2 Å². The summed E-state index contributed by atoms with van der Waals surface area (Å²) in [7, 11) is 1.47. The number of carbonyl (C=O) groups excluding carboxylic acids is 2. The van der Waals surface area contributed by atoms with E-state index in [-0.39, 0.29) is 17.9 Å². The number of methoxy groups -OCH3 is 1. The highest BCUT2D eigenvalue weighted by Crippen LogP contribution is 2.30. The molecule has 152 valence electrons. The van der Waals surface area contributed by atoms with Crippen molar-refractivity contribution in [2.24, 2.45) is 0 Å². The predicted molar refractivity (Wildman–Crippen MR) is 115 cm³/mol. The van der Waals surface area contributed by atoms with Gasteiger partial charge in [0.2, 0.25) is 5.91 Å². The van der Waals surface area contributed by atoms with Crippen molar-refractivity contribution in [2.45, 2.75) is 6.42 Å². The van der Waals surface area contributed by atoms with Crippen molar-refractivity contribution in [2.75, 3.05) is 7.11 Å². The second-order valence-electron chi connectivity index (χ2n) is 6.63. The normalized spacial score (nSPS) is 10.7. The highest BCUT2D eigenvalue weighted by Gasteiger charge is 2.17. The zero-order valence-electron chi connectivity index (χ0n) is 16.1. The minimum Gasteiger partial charge on any atom is -0.496 e. The van der Waals surface area contributed by atoms with Gasteiger partial charge in [0.1, 0.15) is 5.75 Å². The lowest BCUT2D eigenvalue weighted by atomic mass is 10.1. The first-order chi connectivity index (χ1) is 14.6. The molecule has 0 saturated carbocycles. The molecule has 4 rings (SSSR count). The number of rotatable bonds is 5. The van der Waals surface area contributed by atoms with E-state index in [0.29, 0.717) is 16.5 Å². The monoisotopic (exact) mass is 422 g/mol. The van der Waals surface area contributed by atoms with Crippen LogP contribution in [-0.4, -0.2) is 28.5 Å². The largest absolute Gasteiger partial charge is 0.496 e. The van der Waals surface area contributed by atoms with Crippen LogP contribution in [0.15, 0.2) is 67.1 Å². The van der Waals surface area contributed by atoms with Crippen molar-refractivity contribution in [3.05, 3.63) is 83.3 Å². The number of amides is 2. The number of H-pyrrole nitrogens is 1. The Labute approximate surface area is 177 Å². The van der Waals surface area contributed by atoms with Gasteiger partial charge in [-0.2, -0.15) is 0 Å². The summed E-state index contributed by atoms with van der Waals surface area (Å²) in [6, 6.07) is 14.6. The number of benzene rings is 2. The molecule has 4 aromatic rings. The average molecular weight is 423 g/mol. The van der Waals surface area contributed by atoms with Crippen LogP contribution in [0.5, 0.6) is 5.75 Å². The summed E-state index contributed by atoms with van der Waals surface area (Å²) in [6.45, 7) is 0. The Hall–Kier alpha value is -3.71. The molecule has 0 unspecified atom stereocenters. The first-order valence-corrected chi connectivity index (χ1v) is 9.59. The van der Waals surface area contributed by atoms with Crippen molar-refractivity contribution in [3.63, 3.8) is 0 Å². The van der Waals surface area contributed by atoms with Crippen LogP contribution in [0.1, 0.15) is 15.9 Å². The van der Waals surface area contributed by atoms with Gasteiger partial charge in [-0.3, -0.25) is 20.4 Å². The number of ether oxygens (including phenoxy) is 1. The van der Waals surface area contributed by atoms with Crippen molar-refractivity contribution < 1.29 is 14.3 Å². The Morgan fingerprint density at radius 1 is 1.10 bits per heavy atom. The van der Waals surface area contributed by atoms with E-state index in [1.54, 1.807) is 12.3 Å². The quantitative estimate of drug-likeness (QED) is 0.429. The summed E-state index contributed by atoms with van der Waals surface area (Å²) in [6.07, 6.45) is 5.58. The lowest BCUT2D eigenvalue weighted by Gasteiger charge is -2.14. The number of carbonyl (C=O) groups is 2. The van der Waals surface area contributed by atoms with E-state index in [1.807, 2.05) is 53.4 Å². The molecule has 8 heteroatoms. The maximum atomic E-state index is 12.6. The van der Waals surface area contributed by atoms with Gasteiger partial charge in [0.05, 0.1) is 29.8 Å².